The molecule has 1 aromatic rings. The Balaban J connectivity index is 2.20. The SMILES string of the molecule is CC1COC/C1=C\c1ccccc1. The van der Waals surface area contributed by atoms with Crippen LogP contribution in [0.25, 0.3) is 6.08 Å². The highest BCUT2D eigenvalue weighted by atomic mass is 16.5. The first kappa shape index (κ1) is 8.52. The topological polar surface area (TPSA) is 9.23 Å². The molecule has 0 N–H and O–H groups in total. The Bertz CT molecular complexity index is 300. The summed E-state index contributed by atoms with van der Waals surface area (Å²) in [6.45, 7) is 3.89. The molecule has 2 rings (SSSR count). The molecule has 0 radical (unpaired) electrons. The Morgan fingerprint density at radius 2 is 2.08 bits per heavy atom. The first-order valence-corrected chi connectivity index (χ1v) is 4.69. The van der Waals surface area contributed by atoms with Crippen LogP contribution in [-0.4, -0.2) is 13.2 Å². The quantitative estimate of drug-likeness (QED) is 0.636. The van der Waals surface area contributed by atoms with Crippen LogP contribution in [0.5, 0.6) is 0 Å². The molecular formula is C12H14O. The van der Waals surface area contributed by atoms with Gasteiger partial charge in [-0.05, 0) is 11.1 Å². The summed E-state index contributed by atoms with van der Waals surface area (Å²) in [5, 5.41) is 0. The van der Waals surface area contributed by atoms with Crippen molar-refractivity contribution in [2.75, 3.05) is 13.2 Å². The van der Waals surface area contributed by atoms with Crippen molar-refractivity contribution in [3.63, 3.8) is 0 Å². The van der Waals surface area contributed by atoms with Crippen molar-refractivity contribution in [3.05, 3.63) is 41.5 Å². The molecule has 0 aliphatic carbocycles. The largest absolute Gasteiger partial charge is 0.376 e. The van der Waals surface area contributed by atoms with Crippen LogP contribution in [-0.2, 0) is 4.74 Å². The van der Waals surface area contributed by atoms with Crippen molar-refractivity contribution in [2.24, 2.45) is 5.92 Å². The minimum Gasteiger partial charge on any atom is -0.376 e. The van der Waals surface area contributed by atoms with Gasteiger partial charge in [0, 0.05) is 5.92 Å². The normalized spacial score (nSPS) is 25.3. The molecule has 1 heterocycles. The lowest BCUT2D eigenvalue weighted by molar-refractivity contribution is 0.191. The molecule has 1 aliphatic rings. The Kier molecular flexibility index (Phi) is 2.46. The fraction of sp³-hybridized carbons (Fsp3) is 0.333. The van der Waals surface area contributed by atoms with Crippen LogP contribution >= 0.6 is 0 Å². The number of hydrogen-bond donors (Lipinski definition) is 0. The average molecular weight is 174 g/mol. The zero-order chi connectivity index (χ0) is 9.10. The second-order valence-corrected chi connectivity index (χ2v) is 3.55. The predicted octanol–water partition coefficient (Wildman–Crippen LogP) is 2.74. The van der Waals surface area contributed by atoms with Gasteiger partial charge in [0.25, 0.3) is 0 Å². The molecule has 0 saturated carbocycles. The maximum atomic E-state index is 5.37. The average Bonchev–Trinajstić information content (AvgIpc) is 2.54. The van der Waals surface area contributed by atoms with Crippen LogP contribution in [0.3, 0.4) is 0 Å². The third-order valence-electron chi connectivity index (χ3n) is 2.42. The minimum absolute atomic E-state index is 0.584. The summed E-state index contributed by atoms with van der Waals surface area (Å²) in [5.41, 5.74) is 2.68. The number of hydrogen-bond acceptors (Lipinski definition) is 1. The van der Waals surface area contributed by atoms with Crippen LogP contribution in [0.2, 0.25) is 0 Å². The molecule has 13 heavy (non-hydrogen) atoms. The lowest BCUT2D eigenvalue weighted by Crippen LogP contribution is -1.93. The molecular weight excluding hydrogens is 160 g/mol. The van der Waals surface area contributed by atoms with E-state index in [1.54, 1.807) is 0 Å². The Morgan fingerprint density at radius 1 is 1.31 bits per heavy atom. The molecule has 1 saturated heterocycles. The van der Waals surface area contributed by atoms with E-state index in [1.807, 2.05) is 6.07 Å². The van der Waals surface area contributed by atoms with Crippen molar-refractivity contribution < 1.29 is 4.74 Å². The monoisotopic (exact) mass is 174 g/mol. The van der Waals surface area contributed by atoms with Crippen molar-refractivity contribution in [1.29, 1.82) is 0 Å². The lowest BCUT2D eigenvalue weighted by atomic mass is 10.0. The fourth-order valence-corrected chi connectivity index (χ4v) is 1.55. The van der Waals surface area contributed by atoms with E-state index >= 15 is 0 Å². The molecule has 0 bridgehead atoms. The van der Waals surface area contributed by atoms with Gasteiger partial charge < -0.3 is 4.74 Å². The van der Waals surface area contributed by atoms with Crippen LogP contribution < -0.4 is 0 Å². The number of rotatable bonds is 1. The van der Waals surface area contributed by atoms with Gasteiger partial charge in [-0.3, -0.25) is 0 Å². The predicted molar refractivity (Wildman–Crippen MR) is 54.4 cm³/mol. The Labute approximate surface area is 79.0 Å². The van der Waals surface area contributed by atoms with E-state index in [2.05, 4.69) is 37.3 Å². The van der Waals surface area contributed by atoms with E-state index in [4.69, 9.17) is 4.74 Å². The summed E-state index contributed by atoms with van der Waals surface area (Å²) in [4.78, 5) is 0. The van der Waals surface area contributed by atoms with Crippen LogP contribution in [0.4, 0.5) is 0 Å². The summed E-state index contributed by atoms with van der Waals surface area (Å²) >= 11 is 0. The summed E-state index contributed by atoms with van der Waals surface area (Å²) in [6, 6.07) is 10.4. The van der Waals surface area contributed by atoms with Gasteiger partial charge >= 0.3 is 0 Å². The molecule has 1 fully saturated rings. The van der Waals surface area contributed by atoms with Gasteiger partial charge in [0.2, 0.25) is 0 Å². The molecule has 0 aromatic heterocycles. The van der Waals surface area contributed by atoms with Crippen LogP contribution in [0.1, 0.15) is 12.5 Å². The lowest BCUT2D eigenvalue weighted by Gasteiger charge is -2.01. The van der Waals surface area contributed by atoms with Gasteiger partial charge in [0.05, 0.1) is 13.2 Å². The Hall–Kier alpha value is -1.08. The highest BCUT2D eigenvalue weighted by molar-refractivity contribution is 5.53. The van der Waals surface area contributed by atoms with E-state index in [1.165, 1.54) is 11.1 Å². The van der Waals surface area contributed by atoms with Gasteiger partial charge in [0.1, 0.15) is 0 Å². The maximum absolute atomic E-state index is 5.37. The molecule has 68 valence electrons. The van der Waals surface area contributed by atoms with Crippen molar-refractivity contribution >= 4 is 6.08 Å². The zero-order valence-electron chi connectivity index (χ0n) is 7.86. The highest BCUT2D eigenvalue weighted by Crippen LogP contribution is 2.21. The van der Waals surface area contributed by atoms with Crippen molar-refractivity contribution in [2.45, 2.75) is 6.92 Å². The summed E-state index contributed by atoms with van der Waals surface area (Å²) in [7, 11) is 0. The number of benzene rings is 1. The van der Waals surface area contributed by atoms with Crippen molar-refractivity contribution in [1.82, 2.24) is 0 Å². The second-order valence-electron chi connectivity index (χ2n) is 3.55. The smallest absolute Gasteiger partial charge is 0.0683 e. The summed E-state index contributed by atoms with van der Waals surface area (Å²) in [5.74, 6) is 0.584. The number of ether oxygens (including phenoxy) is 1. The third kappa shape index (κ3) is 1.99. The molecule has 1 aliphatic heterocycles. The zero-order valence-corrected chi connectivity index (χ0v) is 7.86. The molecule has 1 nitrogen and oxygen atoms in total. The fourth-order valence-electron chi connectivity index (χ4n) is 1.55. The van der Waals surface area contributed by atoms with Crippen molar-refractivity contribution in [3.8, 4) is 0 Å². The van der Waals surface area contributed by atoms with Gasteiger partial charge in [-0.2, -0.15) is 0 Å². The van der Waals surface area contributed by atoms with Crippen LogP contribution in [0, 0.1) is 5.92 Å². The summed E-state index contributed by atoms with van der Waals surface area (Å²) < 4.78 is 5.37. The maximum Gasteiger partial charge on any atom is 0.0683 e. The molecule has 1 heteroatoms. The first-order valence-electron chi connectivity index (χ1n) is 4.69. The molecule has 0 spiro atoms. The second kappa shape index (κ2) is 3.75. The first-order chi connectivity index (χ1) is 6.36. The third-order valence-corrected chi connectivity index (χ3v) is 2.42. The van der Waals surface area contributed by atoms with E-state index < -0.39 is 0 Å². The van der Waals surface area contributed by atoms with Gasteiger partial charge in [0.15, 0.2) is 0 Å². The minimum atomic E-state index is 0.584. The molecule has 1 aromatic carbocycles. The van der Waals surface area contributed by atoms with E-state index in [0.717, 1.165) is 13.2 Å². The van der Waals surface area contributed by atoms with Gasteiger partial charge in [-0.15, -0.1) is 0 Å². The molecule has 0 amide bonds. The van der Waals surface area contributed by atoms with E-state index in [-0.39, 0.29) is 0 Å². The highest BCUT2D eigenvalue weighted by Gasteiger charge is 2.15. The summed E-state index contributed by atoms with van der Waals surface area (Å²) in [6.07, 6.45) is 2.23. The van der Waals surface area contributed by atoms with Gasteiger partial charge in [-0.1, -0.05) is 43.3 Å². The standard InChI is InChI=1S/C12H14O/c1-10-8-13-9-12(10)7-11-5-3-2-4-6-11/h2-7,10H,8-9H2,1H3/b12-7+. The van der Waals surface area contributed by atoms with E-state index in [9.17, 15) is 0 Å². The van der Waals surface area contributed by atoms with E-state index in [0.29, 0.717) is 5.92 Å². The Morgan fingerprint density at radius 3 is 2.69 bits per heavy atom. The molecule has 1 unspecified atom stereocenters. The van der Waals surface area contributed by atoms with Crippen LogP contribution in [0.15, 0.2) is 35.9 Å². The van der Waals surface area contributed by atoms with Gasteiger partial charge in [-0.25, -0.2) is 0 Å². The molecule has 1 atom stereocenters.